The summed E-state index contributed by atoms with van der Waals surface area (Å²) in [5, 5.41) is 34.8. The number of phenols is 2. The average molecular weight is 415 g/mol. The van der Waals surface area contributed by atoms with Gasteiger partial charge in [-0.1, -0.05) is 12.1 Å². The fourth-order valence-electron chi connectivity index (χ4n) is 3.44. The topological polar surface area (TPSA) is 108 Å². The number of carboxylic acid groups (broad SMARTS) is 1. The van der Waals surface area contributed by atoms with E-state index in [9.17, 15) is 20.1 Å². The lowest BCUT2D eigenvalue weighted by Gasteiger charge is -2.11. The third-order valence-electron chi connectivity index (χ3n) is 5.29. The summed E-state index contributed by atoms with van der Waals surface area (Å²) in [7, 11) is 0. The van der Waals surface area contributed by atoms with Gasteiger partial charge in [0.1, 0.15) is 11.5 Å². The molecule has 0 bridgehead atoms. The fraction of sp³-hybridized carbons (Fsp3) is 0.125. The molecule has 0 amide bonds. The molecule has 0 radical (unpaired) electrons. The predicted molar refractivity (Wildman–Crippen MR) is 117 cm³/mol. The van der Waals surface area contributed by atoms with Crippen molar-refractivity contribution in [3.63, 3.8) is 0 Å². The largest absolute Gasteiger partial charge is 0.507 e. The normalized spacial score (nSPS) is 10.9. The summed E-state index contributed by atoms with van der Waals surface area (Å²) in [5.74, 6) is -0.260. The first kappa shape index (κ1) is 20.2. The maximum atomic E-state index is 11.4. The lowest BCUT2D eigenvalue weighted by atomic mass is 10.0. The third-order valence-corrected chi connectivity index (χ3v) is 5.29. The monoisotopic (exact) mass is 415 g/mol. The number of aromatic nitrogens is 3. The van der Waals surface area contributed by atoms with Crippen molar-refractivity contribution in [3.8, 4) is 40.0 Å². The maximum absolute atomic E-state index is 11.4. The zero-order valence-corrected chi connectivity index (χ0v) is 17.3. The molecule has 3 N–H and O–H groups in total. The fourth-order valence-corrected chi connectivity index (χ4v) is 3.44. The van der Waals surface area contributed by atoms with Crippen LogP contribution in [0.3, 0.4) is 0 Å². The van der Waals surface area contributed by atoms with Crippen LogP contribution in [0.4, 0.5) is 0 Å². The van der Waals surface area contributed by atoms with Crippen molar-refractivity contribution >= 4 is 5.97 Å². The molecule has 0 fully saturated rings. The molecule has 3 aromatic carbocycles. The lowest BCUT2D eigenvalue weighted by Crippen LogP contribution is -2.04. The van der Waals surface area contributed by atoms with Crippen LogP contribution in [0.25, 0.3) is 28.5 Å². The maximum Gasteiger partial charge on any atom is 0.335 e. The highest BCUT2D eigenvalue weighted by Gasteiger charge is 2.20. The number of para-hydroxylation sites is 1. The molecular weight excluding hydrogens is 394 g/mol. The quantitative estimate of drug-likeness (QED) is 0.448. The Morgan fingerprint density at radius 1 is 0.839 bits per heavy atom. The Labute approximate surface area is 178 Å². The number of aromatic carboxylic acids is 1. The number of aryl methyl sites for hydroxylation is 3. The Morgan fingerprint density at radius 2 is 1.55 bits per heavy atom. The van der Waals surface area contributed by atoms with Gasteiger partial charge in [-0.25, -0.2) is 14.5 Å². The van der Waals surface area contributed by atoms with Crippen LogP contribution in [0.1, 0.15) is 27.0 Å². The van der Waals surface area contributed by atoms with E-state index in [4.69, 9.17) is 0 Å². The number of hydrogen-bond acceptors (Lipinski definition) is 5. The SMILES string of the molecule is Cc1cc(O)c(-c2nc(-c3ccccc3O)nn2-c2ccc(C(=O)O)c(C)c2)cc1C. The van der Waals surface area contributed by atoms with Crippen LogP contribution in [0.2, 0.25) is 0 Å². The minimum absolute atomic E-state index is 0.0351. The lowest BCUT2D eigenvalue weighted by molar-refractivity contribution is 0.0696. The highest BCUT2D eigenvalue weighted by molar-refractivity contribution is 5.89. The van der Waals surface area contributed by atoms with Crippen LogP contribution in [-0.4, -0.2) is 36.1 Å². The third kappa shape index (κ3) is 3.61. The van der Waals surface area contributed by atoms with Gasteiger partial charge in [0.05, 0.1) is 22.4 Å². The van der Waals surface area contributed by atoms with Gasteiger partial charge < -0.3 is 15.3 Å². The van der Waals surface area contributed by atoms with Gasteiger partial charge in [-0.15, -0.1) is 5.10 Å². The Kier molecular flexibility index (Phi) is 4.94. The predicted octanol–water partition coefficient (Wildman–Crippen LogP) is 4.64. The summed E-state index contributed by atoms with van der Waals surface area (Å²) in [6, 6.07) is 15.1. The number of benzene rings is 3. The van der Waals surface area contributed by atoms with E-state index in [1.807, 2.05) is 19.9 Å². The van der Waals surface area contributed by atoms with E-state index < -0.39 is 5.97 Å². The van der Waals surface area contributed by atoms with Gasteiger partial charge in [0.25, 0.3) is 0 Å². The van der Waals surface area contributed by atoms with E-state index in [2.05, 4.69) is 10.1 Å². The van der Waals surface area contributed by atoms with Gasteiger partial charge in [0, 0.05) is 0 Å². The van der Waals surface area contributed by atoms with Crippen molar-refractivity contribution in [1.29, 1.82) is 0 Å². The van der Waals surface area contributed by atoms with Crippen molar-refractivity contribution in [2.45, 2.75) is 20.8 Å². The van der Waals surface area contributed by atoms with Crippen LogP contribution < -0.4 is 0 Å². The number of aromatic hydroxyl groups is 2. The van der Waals surface area contributed by atoms with E-state index in [0.29, 0.717) is 28.2 Å². The van der Waals surface area contributed by atoms with Gasteiger partial charge in [-0.2, -0.15) is 0 Å². The van der Waals surface area contributed by atoms with Gasteiger partial charge in [0.15, 0.2) is 11.6 Å². The van der Waals surface area contributed by atoms with Crippen LogP contribution >= 0.6 is 0 Å². The number of phenolic OH excluding ortho intramolecular Hbond substituents is 2. The smallest absolute Gasteiger partial charge is 0.335 e. The minimum Gasteiger partial charge on any atom is -0.507 e. The number of carboxylic acids is 1. The summed E-state index contributed by atoms with van der Waals surface area (Å²) < 4.78 is 1.55. The van der Waals surface area contributed by atoms with Crippen LogP contribution in [0.15, 0.2) is 54.6 Å². The molecule has 7 heteroatoms. The molecule has 0 spiro atoms. The van der Waals surface area contributed by atoms with Crippen LogP contribution in [0.5, 0.6) is 11.5 Å². The van der Waals surface area contributed by atoms with Gasteiger partial charge in [-0.05, 0) is 79.9 Å². The zero-order chi connectivity index (χ0) is 22.3. The standard InChI is InChI=1S/C24H21N3O4/c1-13-11-19(21(29)12-14(13)2)23-25-22(18-6-4-5-7-20(18)28)26-27(23)16-8-9-17(24(30)31)15(3)10-16/h4-12,28-29H,1-3H3,(H,30,31). The number of hydrogen-bond donors (Lipinski definition) is 3. The first-order valence-corrected chi connectivity index (χ1v) is 9.66. The number of nitrogens with zero attached hydrogens (tertiary/aromatic N) is 3. The Bertz CT molecular complexity index is 1320. The molecule has 7 nitrogen and oxygen atoms in total. The molecule has 0 aliphatic heterocycles. The van der Waals surface area contributed by atoms with Gasteiger partial charge in [0.2, 0.25) is 0 Å². The molecule has 1 heterocycles. The molecule has 4 rings (SSSR count). The molecule has 0 saturated carbocycles. The molecule has 31 heavy (non-hydrogen) atoms. The second-order valence-corrected chi connectivity index (χ2v) is 7.45. The van der Waals surface area contributed by atoms with E-state index >= 15 is 0 Å². The van der Waals surface area contributed by atoms with Crippen molar-refractivity contribution in [2.24, 2.45) is 0 Å². The Hall–Kier alpha value is -4.13. The van der Waals surface area contributed by atoms with Gasteiger partial charge >= 0.3 is 5.97 Å². The van der Waals surface area contributed by atoms with Crippen molar-refractivity contribution in [1.82, 2.24) is 14.8 Å². The second-order valence-electron chi connectivity index (χ2n) is 7.45. The summed E-state index contributed by atoms with van der Waals surface area (Å²) in [6.07, 6.45) is 0. The Morgan fingerprint density at radius 3 is 2.23 bits per heavy atom. The molecule has 0 unspecified atom stereocenters. The minimum atomic E-state index is -1.01. The molecular formula is C24H21N3O4. The Balaban J connectivity index is 1.98. The highest BCUT2D eigenvalue weighted by atomic mass is 16.4. The van der Waals surface area contributed by atoms with Gasteiger partial charge in [-0.3, -0.25) is 0 Å². The molecule has 0 atom stereocenters. The molecule has 0 saturated heterocycles. The van der Waals surface area contributed by atoms with Crippen molar-refractivity contribution < 1.29 is 20.1 Å². The average Bonchev–Trinajstić information content (AvgIpc) is 3.15. The summed E-state index contributed by atoms with van der Waals surface area (Å²) in [5.41, 5.74) is 4.20. The van der Waals surface area contributed by atoms with Crippen molar-refractivity contribution in [2.75, 3.05) is 0 Å². The first-order chi connectivity index (χ1) is 14.8. The van der Waals surface area contributed by atoms with E-state index in [1.165, 1.54) is 6.07 Å². The van der Waals surface area contributed by atoms with Crippen LogP contribution in [0, 0.1) is 20.8 Å². The van der Waals surface area contributed by atoms with E-state index in [-0.39, 0.29) is 22.9 Å². The molecule has 156 valence electrons. The first-order valence-electron chi connectivity index (χ1n) is 9.66. The second kappa shape index (κ2) is 7.60. The summed E-state index contributed by atoms with van der Waals surface area (Å²) in [4.78, 5) is 16.0. The molecule has 0 aliphatic rings. The van der Waals surface area contributed by atoms with Crippen LogP contribution in [-0.2, 0) is 0 Å². The summed E-state index contributed by atoms with van der Waals surface area (Å²) in [6.45, 7) is 5.56. The molecule has 0 aliphatic carbocycles. The molecule has 4 aromatic rings. The number of rotatable bonds is 4. The summed E-state index contributed by atoms with van der Waals surface area (Å²) >= 11 is 0. The zero-order valence-electron chi connectivity index (χ0n) is 17.3. The molecule has 1 aromatic heterocycles. The highest BCUT2D eigenvalue weighted by Crippen LogP contribution is 2.35. The van der Waals surface area contributed by atoms with E-state index in [0.717, 1.165) is 11.1 Å². The van der Waals surface area contributed by atoms with E-state index in [1.54, 1.807) is 54.1 Å². The number of carbonyl (C=O) groups is 1. The van der Waals surface area contributed by atoms with Crippen molar-refractivity contribution in [3.05, 3.63) is 76.9 Å².